The number of hydrogen-bond acceptors (Lipinski definition) is 4. The van der Waals surface area contributed by atoms with Crippen molar-refractivity contribution < 1.29 is 14.7 Å². The first-order chi connectivity index (χ1) is 11.5. The Kier molecular flexibility index (Phi) is 4.03. The van der Waals surface area contributed by atoms with Crippen LogP contribution < -0.4 is 5.32 Å². The molecule has 1 amide bonds. The molecule has 2 aromatic heterocycles. The normalized spacial score (nSPS) is 12.2. The molecule has 1 aromatic carbocycles. The molecule has 0 bridgehead atoms. The number of nitrogens with one attached hydrogen (secondary N) is 2. The Hall–Kier alpha value is -3.16. The van der Waals surface area contributed by atoms with E-state index in [2.05, 4.69) is 20.6 Å². The van der Waals surface area contributed by atoms with Gasteiger partial charge in [-0.3, -0.25) is 14.6 Å². The summed E-state index contributed by atoms with van der Waals surface area (Å²) in [4.78, 5) is 23.8. The lowest BCUT2D eigenvalue weighted by Gasteiger charge is -2.15. The molecule has 0 fully saturated rings. The van der Waals surface area contributed by atoms with E-state index in [1.165, 1.54) is 4.68 Å². The van der Waals surface area contributed by atoms with Crippen molar-refractivity contribution in [3.63, 3.8) is 0 Å². The van der Waals surface area contributed by atoms with Gasteiger partial charge in [0, 0.05) is 22.8 Å². The van der Waals surface area contributed by atoms with Crippen LogP contribution in [0.1, 0.15) is 23.0 Å². The van der Waals surface area contributed by atoms with Gasteiger partial charge >= 0.3 is 5.97 Å². The molecule has 124 valence electrons. The summed E-state index contributed by atoms with van der Waals surface area (Å²) in [5.41, 5.74) is 2.41. The number of amides is 1. The van der Waals surface area contributed by atoms with Gasteiger partial charge in [0.1, 0.15) is 6.54 Å². The summed E-state index contributed by atoms with van der Waals surface area (Å²) in [6.07, 6.45) is 1.75. The number of carboxylic acid groups (broad SMARTS) is 1. The van der Waals surface area contributed by atoms with Gasteiger partial charge in [-0.25, -0.2) is 4.79 Å². The zero-order chi connectivity index (χ0) is 17.3. The second kappa shape index (κ2) is 6.15. The Balaban J connectivity index is 1.78. The number of aromatic amines is 1. The number of carbonyl (C=O) groups excluding carboxylic acids is 1. The molecule has 0 spiro atoms. The van der Waals surface area contributed by atoms with Crippen LogP contribution in [0.25, 0.3) is 10.9 Å². The average molecular weight is 327 g/mol. The smallest absolute Gasteiger partial charge is 0.331 e. The number of aryl methyl sites for hydroxylation is 2. The first kappa shape index (κ1) is 15.7. The minimum Gasteiger partial charge on any atom is -0.479 e. The summed E-state index contributed by atoms with van der Waals surface area (Å²) in [5, 5.41) is 23.9. The summed E-state index contributed by atoms with van der Waals surface area (Å²) in [6.45, 7) is 3.35. The zero-order valence-electron chi connectivity index (χ0n) is 13.3. The number of H-pyrrole nitrogens is 1. The zero-order valence-corrected chi connectivity index (χ0v) is 13.3. The molecule has 24 heavy (non-hydrogen) atoms. The van der Waals surface area contributed by atoms with E-state index < -0.39 is 17.9 Å². The van der Waals surface area contributed by atoms with Crippen molar-refractivity contribution in [2.45, 2.75) is 26.4 Å². The van der Waals surface area contributed by atoms with Gasteiger partial charge in [-0.2, -0.15) is 10.2 Å². The molecule has 0 saturated carbocycles. The molecule has 1 atom stereocenters. The van der Waals surface area contributed by atoms with Crippen LogP contribution in [0.2, 0.25) is 0 Å². The number of carboxylic acids is 1. The summed E-state index contributed by atoms with van der Waals surface area (Å²) >= 11 is 0. The van der Waals surface area contributed by atoms with Crippen molar-refractivity contribution in [3.8, 4) is 0 Å². The number of hydrogen-bond donors (Lipinski definition) is 3. The second-order valence-electron chi connectivity index (χ2n) is 5.57. The molecular weight excluding hydrogens is 310 g/mol. The van der Waals surface area contributed by atoms with E-state index in [0.717, 1.165) is 10.9 Å². The first-order valence-corrected chi connectivity index (χ1v) is 7.41. The molecule has 3 rings (SSSR count). The van der Waals surface area contributed by atoms with Gasteiger partial charge in [-0.15, -0.1) is 0 Å². The Morgan fingerprint density at radius 2 is 2.08 bits per heavy atom. The number of aromatic nitrogens is 4. The van der Waals surface area contributed by atoms with E-state index in [4.69, 9.17) is 0 Å². The highest BCUT2D eigenvalue weighted by atomic mass is 16.4. The van der Waals surface area contributed by atoms with Crippen LogP contribution in [0.3, 0.4) is 0 Å². The van der Waals surface area contributed by atoms with Crippen molar-refractivity contribution >= 4 is 22.8 Å². The van der Waals surface area contributed by atoms with Gasteiger partial charge in [0.05, 0.1) is 11.2 Å². The SMILES string of the molecule is Cc1n[nH]c(C)c1[C@@H](NC(=O)Cn1cc2ccccc2n1)C(=O)O. The van der Waals surface area contributed by atoms with Crippen molar-refractivity contribution in [2.75, 3.05) is 0 Å². The molecule has 0 aliphatic carbocycles. The van der Waals surface area contributed by atoms with Gasteiger partial charge in [0.2, 0.25) is 5.91 Å². The van der Waals surface area contributed by atoms with Crippen LogP contribution >= 0.6 is 0 Å². The van der Waals surface area contributed by atoms with E-state index in [9.17, 15) is 14.7 Å². The van der Waals surface area contributed by atoms with Crippen LogP contribution in [0.4, 0.5) is 0 Å². The Morgan fingerprint density at radius 3 is 2.71 bits per heavy atom. The molecular formula is C16H17N5O3. The Bertz CT molecular complexity index is 859. The van der Waals surface area contributed by atoms with E-state index >= 15 is 0 Å². The molecule has 0 radical (unpaired) electrons. The number of carbonyl (C=O) groups is 2. The first-order valence-electron chi connectivity index (χ1n) is 7.41. The monoisotopic (exact) mass is 327 g/mol. The van der Waals surface area contributed by atoms with Crippen LogP contribution in [0.5, 0.6) is 0 Å². The fourth-order valence-corrected chi connectivity index (χ4v) is 2.69. The third kappa shape index (κ3) is 2.98. The number of rotatable bonds is 5. The van der Waals surface area contributed by atoms with Gasteiger partial charge in [-0.05, 0) is 19.9 Å². The molecule has 8 heteroatoms. The largest absolute Gasteiger partial charge is 0.479 e. The number of aliphatic carboxylic acids is 1. The Morgan fingerprint density at radius 1 is 1.33 bits per heavy atom. The summed E-state index contributed by atoms with van der Waals surface area (Å²) in [5.74, 6) is -1.57. The molecule has 0 aliphatic rings. The fourth-order valence-electron chi connectivity index (χ4n) is 2.69. The topological polar surface area (TPSA) is 113 Å². The van der Waals surface area contributed by atoms with Crippen molar-refractivity contribution in [1.29, 1.82) is 0 Å². The van der Waals surface area contributed by atoms with E-state index in [1.807, 2.05) is 24.3 Å². The molecule has 0 aliphatic heterocycles. The third-order valence-electron chi connectivity index (χ3n) is 3.79. The third-order valence-corrected chi connectivity index (χ3v) is 3.79. The fraction of sp³-hybridized carbons (Fsp3) is 0.250. The molecule has 3 N–H and O–H groups in total. The minimum absolute atomic E-state index is 0.0611. The minimum atomic E-state index is -1.15. The lowest BCUT2D eigenvalue weighted by molar-refractivity contribution is -0.142. The maximum Gasteiger partial charge on any atom is 0.331 e. The summed E-state index contributed by atoms with van der Waals surface area (Å²) in [7, 11) is 0. The predicted molar refractivity (Wildman–Crippen MR) is 86.3 cm³/mol. The van der Waals surface area contributed by atoms with Gasteiger partial charge in [0.25, 0.3) is 0 Å². The van der Waals surface area contributed by atoms with E-state index in [1.54, 1.807) is 20.0 Å². The quantitative estimate of drug-likeness (QED) is 0.654. The van der Waals surface area contributed by atoms with Crippen molar-refractivity contribution in [1.82, 2.24) is 25.3 Å². The van der Waals surface area contributed by atoms with Crippen LogP contribution in [-0.4, -0.2) is 37.0 Å². The lowest BCUT2D eigenvalue weighted by atomic mass is 10.1. The van der Waals surface area contributed by atoms with E-state index in [-0.39, 0.29) is 6.54 Å². The highest BCUT2D eigenvalue weighted by molar-refractivity contribution is 5.85. The average Bonchev–Trinajstić information content (AvgIpc) is 3.07. The highest BCUT2D eigenvalue weighted by Gasteiger charge is 2.27. The summed E-state index contributed by atoms with van der Waals surface area (Å²) in [6, 6.07) is 6.35. The number of nitrogens with zero attached hydrogens (tertiary/aromatic N) is 3. The van der Waals surface area contributed by atoms with Gasteiger partial charge in [0.15, 0.2) is 6.04 Å². The predicted octanol–water partition coefficient (Wildman–Crippen LogP) is 1.32. The number of benzene rings is 1. The van der Waals surface area contributed by atoms with Gasteiger partial charge in [-0.1, -0.05) is 18.2 Å². The molecule has 8 nitrogen and oxygen atoms in total. The Labute approximate surface area is 137 Å². The molecule has 3 aromatic rings. The van der Waals surface area contributed by atoms with Crippen LogP contribution in [0.15, 0.2) is 30.5 Å². The van der Waals surface area contributed by atoms with E-state index in [0.29, 0.717) is 17.0 Å². The molecule has 0 unspecified atom stereocenters. The molecule has 0 saturated heterocycles. The van der Waals surface area contributed by atoms with Crippen LogP contribution in [-0.2, 0) is 16.1 Å². The second-order valence-corrected chi connectivity index (χ2v) is 5.57. The van der Waals surface area contributed by atoms with Gasteiger partial charge < -0.3 is 10.4 Å². The van der Waals surface area contributed by atoms with Crippen LogP contribution in [0, 0.1) is 13.8 Å². The number of fused-ring (bicyclic) bond motifs is 1. The highest BCUT2D eigenvalue weighted by Crippen LogP contribution is 2.20. The van der Waals surface area contributed by atoms with Crippen molar-refractivity contribution in [3.05, 3.63) is 47.4 Å². The maximum absolute atomic E-state index is 12.3. The summed E-state index contributed by atoms with van der Waals surface area (Å²) < 4.78 is 1.49. The maximum atomic E-state index is 12.3. The van der Waals surface area contributed by atoms with Crippen molar-refractivity contribution in [2.24, 2.45) is 0 Å². The molecule has 2 heterocycles. The lowest BCUT2D eigenvalue weighted by Crippen LogP contribution is -2.36. The standard InChI is InChI=1S/C16H17N5O3/c1-9-14(10(2)19-18-9)15(16(23)24)17-13(22)8-21-7-11-5-3-4-6-12(11)20-21/h3-7,15H,8H2,1-2H3,(H,17,22)(H,18,19)(H,23,24)/t15-/m1/s1.